The SMILES string of the molecule is c1ccc(-c2cc(-c3cccc(-c4ccc(C5(c6ccccc6)c6ccccc6-c6ccccc65)cc4)c3)cc(-c3ccccc3)n2)cc1. The first-order valence-electron chi connectivity index (χ1n) is 16.9. The van der Waals surface area contributed by atoms with E-state index in [1.807, 2.05) is 12.1 Å². The average molecular weight is 624 g/mol. The maximum atomic E-state index is 5.09. The molecule has 0 saturated carbocycles. The van der Waals surface area contributed by atoms with Crippen molar-refractivity contribution >= 4 is 0 Å². The van der Waals surface area contributed by atoms with Crippen LogP contribution in [0.3, 0.4) is 0 Å². The van der Waals surface area contributed by atoms with Crippen molar-refractivity contribution in [3.63, 3.8) is 0 Å². The van der Waals surface area contributed by atoms with Crippen LogP contribution in [0.25, 0.3) is 55.9 Å². The lowest BCUT2D eigenvalue weighted by atomic mass is 9.67. The van der Waals surface area contributed by atoms with Gasteiger partial charge in [0, 0.05) is 11.1 Å². The highest BCUT2D eigenvalue weighted by Crippen LogP contribution is 2.56. The lowest BCUT2D eigenvalue weighted by Crippen LogP contribution is -2.28. The first-order chi connectivity index (χ1) is 24.3. The highest BCUT2D eigenvalue weighted by molar-refractivity contribution is 5.86. The second-order valence-electron chi connectivity index (χ2n) is 12.7. The molecule has 1 heteroatoms. The Morgan fingerprint density at radius 1 is 0.286 bits per heavy atom. The van der Waals surface area contributed by atoms with Gasteiger partial charge in [0.2, 0.25) is 0 Å². The Morgan fingerprint density at radius 2 is 0.714 bits per heavy atom. The zero-order chi connectivity index (χ0) is 32.6. The number of aromatic nitrogens is 1. The van der Waals surface area contributed by atoms with Crippen LogP contribution in [0.2, 0.25) is 0 Å². The second-order valence-corrected chi connectivity index (χ2v) is 12.7. The Kier molecular flexibility index (Phi) is 7.10. The van der Waals surface area contributed by atoms with Gasteiger partial charge in [0.25, 0.3) is 0 Å². The topological polar surface area (TPSA) is 12.9 Å². The summed E-state index contributed by atoms with van der Waals surface area (Å²) < 4.78 is 0. The highest BCUT2D eigenvalue weighted by atomic mass is 14.7. The van der Waals surface area contributed by atoms with Crippen molar-refractivity contribution in [3.8, 4) is 55.9 Å². The minimum Gasteiger partial charge on any atom is -0.248 e. The molecule has 1 nitrogen and oxygen atoms in total. The number of rotatable bonds is 6. The van der Waals surface area contributed by atoms with Gasteiger partial charge in [0.1, 0.15) is 0 Å². The predicted octanol–water partition coefficient (Wildman–Crippen LogP) is 12.1. The molecule has 49 heavy (non-hydrogen) atoms. The van der Waals surface area contributed by atoms with E-state index in [0.717, 1.165) is 33.6 Å². The lowest BCUT2D eigenvalue weighted by molar-refractivity contribution is 0.768. The molecule has 0 bridgehead atoms. The van der Waals surface area contributed by atoms with Gasteiger partial charge in [-0.05, 0) is 73.8 Å². The molecular formula is C48H33N. The van der Waals surface area contributed by atoms with Crippen LogP contribution < -0.4 is 0 Å². The number of hydrogen-bond donors (Lipinski definition) is 0. The largest absolute Gasteiger partial charge is 0.248 e. The Hall–Kier alpha value is -6.31. The number of benzene rings is 7. The zero-order valence-corrected chi connectivity index (χ0v) is 27.0. The third-order valence-corrected chi connectivity index (χ3v) is 9.97. The minimum absolute atomic E-state index is 0.395. The van der Waals surface area contributed by atoms with E-state index in [2.05, 4.69) is 188 Å². The Morgan fingerprint density at radius 3 is 1.27 bits per heavy atom. The van der Waals surface area contributed by atoms with E-state index in [1.165, 1.54) is 44.5 Å². The van der Waals surface area contributed by atoms with E-state index in [9.17, 15) is 0 Å². The molecule has 7 aromatic carbocycles. The fourth-order valence-electron chi connectivity index (χ4n) is 7.71. The van der Waals surface area contributed by atoms with Gasteiger partial charge in [0.05, 0.1) is 16.8 Å². The van der Waals surface area contributed by atoms with Crippen molar-refractivity contribution < 1.29 is 0 Å². The van der Waals surface area contributed by atoms with E-state index >= 15 is 0 Å². The smallest absolute Gasteiger partial charge is 0.0715 e. The minimum atomic E-state index is -0.395. The second kappa shape index (κ2) is 12.0. The Balaban J connectivity index is 1.15. The standard InChI is InChI=1S/C48H33N/c1-4-15-35(16-5-1)46-32-39(33-47(49-46)36-17-6-2-7-18-36)38-20-14-19-37(31-38)34-27-29-41(30-28-34)48(40-21-8-3-9-22-40)44-25-12-10-23-42(44)43-24-11-13-26-45(43)48/h1-33H. The summed E-state index contributed by atoms with van der Waals surface area (Å²) in [6, 6.07) is 72.2. The van der Waals surface area contributed by atoms with Gasteiger partial charge < -0.3 is 0 Å². The quantitative estimate of drug-likeness (QED) is 0.180. The van der Waals surface area contributed by atoms with Crippen molar-refractivity contribution in [1.82, 2.24) is 4.98 Å². The van der Waals surface area contributed by atoms with Gasteiger partial charge in [0.15, 0.2) is 0 Å². The third kappa shape index (κ3) is 4.91. The van der Waals surface area contributed by atoms with Crippen molar-refractivity contribution in [2.24, 2.45) is 0 Å². The highest BCUT2D eigenvalue weighted by Gasteiger charge is 2.45. The van der Waals surface area contributed by atoms with E-state index in [4.69, 9.17) is 4.98 Å². The monoisotopic (exact) mass is 623 g/mol. The zero-order valence-electron chi connectivity index (χ0n) is 27.0. The fourth-order valence-corrected chi connectivity index (χ4v) is 7.71. The average Bonchev–Trinajstić information content (AvgIpc) is 3.50. The number of nitrogens with zero attached hydrogens (tertiary/aromatic N) is 1. The first kappa shape index (κ1) is 28.9. The summed E-state index contributed by atoms with van der Waals surface area (Å²) in [4.78, 5) is 5.09. The van der Waals surface area contributed by atoms with Crippen molar-refractivity contribution in [2.45, 2.75) is 5.41 Å². The summed E-state index contributed by atoms with van der Waals surface area (Å²) in [7, 11) is 0. The van der Waals surface area contributed by atoms with Crippen LogP contribution in [-0.4, -0.2) is 4.98 Å². The number of fused-ring (bicyclic) bond motifs is 3. The van der Waals surface area contributed by atoms with Crippen molar-refractivity contribution in [1.29, 1.82) is 0 Å². The van der Waals surface area contributed by atoms with Gasteiger partial charge in [-0.2, -0.15) is 0 Å². The molecule has 0 saturated heterocycles. The summed E-state index contributed by atoms with van der Waals surface area (Å²) in [5.74, 6) is 0. The molecule has 9 rings (SSSR count). The molecule has 0 spiro atoms. The first-order valence-corrected chi connectivity index (χ1v) is 16.9. The van der Waals surface area contributed by atoms with Crippen molar-refractivity contribution in [2.75, 3.05) is 0 Å². The molecule has 230 valence electrons. The molecule has 0 aliphatic heterocycles. The fraction of sp³-hybridized carbons (Fsp3) is 0.0208. The summed E-state index contributed by atoms with van der Waals surface area (Å²) in [5.41, 5.74) is 16.3. The molecule has 0 radical (unpaired) electrons. The predicted molar refractivity (Wildman–Crippen MR) is 203 cm³/mol. The van der Waals surface area contributed by atoms with Crippen LogP contribution >= 0.6 is 0 Å². The molecule has 1 aliphatic rings. The maximum absolute atomic E-state index is 5.09. The van der Waals surface area contributed by atoms with Gasteiger partial charge in [-0.25, -0.2) is 4.98 Å². The molecule has 0 unspecified atom stereocenters. The summed E-state index contributed by atoms with van der Waals surface area (Å²) >= 11 is 0. The molecule has 1 heterocycles. The maximum Gasteiger partial charge on any atom is 0.0715 e. The van der Waals surface area contributed by atoms with E-state index in [-0.39, 0.29) is 0 Å². The van der Waals surface area contributed by atoms with Gasteiger partial charge in [-0.15, -0.1) is 0 Å². The van der Waals surface area contributed by atoms with Crippen LogP contribution in [0.15, 0.2) is 200 Å². The molecule has 1 aromatic heterocycles. The van der Waals surface area contributed by atoms with Gasteiger partial charge in [-0.1, -0.05) is 182 Å². The molecule has 0 amide bonds. The summed E-state index contributed by atoms with van der Waals surface area (Å²) in [5, 5.41) is 0. The molecule has 0 fully saturated rings. The van der Waals surface area contributed by atoms with Crippen LogP contribution in [0.5, 0.6) is 0 Å². The van der Waals surface area contributed by atoms with E-state index in [1.54, 1.807) is 0 Å². The van der Waals surface area contributed by atoms with Crippen LogP contribution in [-0.2, 0) is 5.41 Å². The van der Waals surface area contributed by atoms with Gasteiger partial charge in [-0.3, -0.25) is 0 Å². The molecule has 8 aromatic rings. The van der Waals surface area contributed by atoms with Gasteiger partial charge >= 0.3 is 0 Å². The Bertz CT molecular complexity index is 2310. The number of hydrogen-bond acceptors (Lipinski definition) is 1. The van der Waals surface area contributed by atoms with Crippen molar-refractivity contribution in [3.05, 3.63) is 222 Å². The summed E-state index contributed by atoms with van der Waals surface area (Å²) in [6.07, 6.45) is 0. The molecular weight excluding hydrogens is 591 g/mol. The third-order valence-electron chi connectivity index (χ3n) is 9.97. The molecule has 1 aliphatic carbocycles. The van der Waals surface area contributed by atoms with E-state index < -0.39 is 5.41 Å². The normalized spacial score (nSPS) is 12.7. The lowest BCUT2D eigenvalue weighted by Gasteiger charge is -2.34. The van der Waals surface area contributed by atoms with Crippen LogP contribution in [0.1, 0.15) is 22.3 Å². The van der Waals surface area contributed by atoms with Crippen LogP contribution in [0.4, 0.5) is 0 Å². The van der Waals surface area contributed by atoms with E-state index in [0.29, 0.717) is 0 Å². The number of pyridine rings is 1. The Labute approximate surface area is 287 Å². The molecule has 0 N–H and O–H groups in total. The van der Waals surface area contributed by atoms with Crippen LogP contribution in [0, 0.1) is 0 Å². The summed E-state index contributed by atoms with van der Waals surface area (Å²) in [6.45, 7) is 0. The molecule has 0 atom stereocenters.